The fourth-order valence-electron chi connectivity index (χ4n) is 3.27. The molecule has 0 aliphatic heterocycles. The van der Waals surface area contributed by atoms with Gasteiger partial charge in [0.2, 0.25) is 0 Å². The van der Waals surface area contributed by atoms with Crippen LogP contribution in [0.3, 0.4) is 0 Å². The van der Waals surface area contributed by atoms with Crippen LogP contribution in [0.2, 0.25) is 0 Å². The van der Waals surface area contributed by atoms with Crippen molar-refractivity contribution in [2.24, 2.45) is 0 Å². The summed E-state index contributed by atoms with van der Waals surface area (Å²) in [5.41, 5.74) is 3.89. The minimum atomic E-state index is -0.305. The van der Waals surface area contributed by atoms with Gasteiger partial charge >= 0.3 is 0 Å². The zero-order valence-corrected chi connectivity index (χ0v) is 11.7. The number of rotatable bonds is 4. The van der Waals surface area contributed by atoms with Crippen LogP contribution in [0.4, 0.5) is 0 Å². The van der Waals surface area contributed by atoms with Crippen molar-refractivity contribution in [1.82, 2.24) is 4.98 Å². The van der Waals surface area contributed by atoms with Gasteiger partial charge in [0, 0.05) is 18.3 Å². The summed E-state index contributed by atoms with van der Waals surface area (Å²) in [5.74, 6) is 0.499. The number of hydrogen-bond acceptors (Lipinski definition) is 2. The predicted octanol–water partition coefficient (Wildman–Crippen LogP) is 3.50. The lowest BCUT2D eigenvalue weighted by molar-refractivity contribution is 0.151. The smallest absolute Gasteiger partial charge is 0.0601 e. The Balaban J connectivity index is 1.66. The van der Waals surface area contributed by atoms with Crippen LogP contribution in [0.1, 0.15) is 42.0 Å². The van der Waals surface area contributed by atoms with E-state index in [1.807, 2.05) is 18.2 Å². The third kappa shape index (κ3) is 3.07. The molecule has 104 valence electrons. The van der Waals surface area contributed by atoms with Crippen LogP contribution in [-0.2, 0) is 12.8 Å². The largest absolute Gasteiger partial charge is 0.393 e. The number of benzene rings is 1. The molecule has 0 amide bonds. The maximum absolute atomic E-state index is 10.3. The number of aliphatic hydroxyl groups excluding tert-OH is 1. The Morgan fingerprint density at radius 3 is 2.85 bits per heavy atom. The zero-order valence-electron chi connectivity index (χ0n) is 11.7. The third-order valence-electron chi connectivity index (χ3n) is 4.22. The van der Waals surface area contributed by atoms with Crippen molar-refractivity contribution in [3.8, 4) is 0 Å². The molecular weight excluding hydrogens is 246 g/mol. The number of nitrogens with zero attached hydrogens (tertiary/aromatic N) is 1. The van der Waals surface area contributed by atoms with Gasteiger partial charge in [-0.1, -0.05) is 30.3 Å². The maximum Gasteiger partial charge on any atom is 0.0601 e. The standard InChI is InChI=1S/C18H21NO/c20-17(13-16-9-3-4-11-19-16)12-15-8-5-7-14-6-1-2-10-18(14)15/h1-4,6,9-11,15,17,20H,5,7-8,12-13H2. The molecule has 2 atom stereocenters. The lowest BCUT2D eigenvalue weighted by Gasteiger charge is -2.27. The molecular formula is C18H21NO. The molecule has 0 radical (unpaired) electrons. The number of aromatic nitrogens is 1. The number of aliphatic hydroxyl groups is 1. The van der Waals surface area contributed by atoms with Crippen LogP contribution < -0.4 is 0 Å². The Morgan fingerprint density at radius 1 is 1.15 bits per heavy atom. The van der Waals surface area contributed by atoms with Gasteiger partial charge in [0.1, 0.15) is 0 Å². The molecule has 1 aromatic carbocycles. The molecule has 0 bridgehead atoms. The zero-order chi connectivity index (χ0) is 13.8. The van der Waals surface area contributed by atoms with Gasteiger partial charge in [-0.25, -0.2) is 0 Å². The summed E-state index contributed by atoms with van der Waals surface area (Å²) < 4.78 is 0. The van der Waals surface area contributed by atoms with Crippen LogP contribution in [0.15, 0.2) is 48.7 Å². The highest BCUT2D eigenvalue weighted by Gasteiger charge is 2.22. The summed E-state index contributed by atoms with van der Waals surface area (Å²) in [7, 11) is 0. The Labute approximate surface area is 120 Å². The Kier molecular flexibility index (Phi) is 4.12. The highest BCUT2D eigenvalue weighted by Crippen LogP contribution is 2.34. The van der Waals surface area contributed by atoms with Crippen LogP contribution in [0.25, 0.3) is 0 Å². The van der Waals surface area contributed by atoms with Crippen LogP contribution in [0.5, 0.6) is 0 Å². The normalized spacial score (nSPS) is 19.4. The Bertz CT molecular complexity index is 552. The number of aryl methyl sites for hydroxylation is 1. The highest BCUT2D eigenvalue weighted by atomic mass is 16.3. The summed E-state index contributed by atoms with van der Waals surface area (Å²) in [6.45, 7) is 0. The van der Waals surface area contributed by atoms with Crippen LogP contribution in [0, 0.1) is 0 Å². The quantitative estimate of drug-likeness (QED) is 0.919. The van der Waals surface area contributed by atoms with Gasteiger partial charge in [0.05, 0.1) is 6.10 Å². The molecule has 1 heterocycles. The SMILES string of the molecule is OC(Cc1ccccn1)CC1CCCc2ccccc21. The first-order valence-electron chi connectivity index (χ1n) is 7.48. The van der Waals surface area contributed by atoms with Crippen molar-refractivity contribution >= 4 is 0 Å². The van der Waals surface area contributed by atoms with E-state index in [-0.39, 0.29) is 6.10 Å². The van der Waals surface area contributed by atoms with E-state index in [1.165, 1.54) is 30.4 Å². The summed E-state index contributed by atoms with van der Waals surface area (Å²) in [5, 5.41) is 10.3. The van der Waals surface area contributed by atoms with E-state index < -0.39 is 0 Å². The molecule has 1 aliphatic carbocycles. The molecule has 0 fully saturated rings. The lowest BCUT2D eigenvalue weighted by Crippen LogP contribution is -2.19. The number of hydrogen-bond donors (Lipinski definition) is 1. The molecule has 2 heteroatoms. The van der Waals surface area contributed by atoms with Crippen molar-refractivity contribution in [3.63, 3.8) is 0 Å². The molecule has 1 aromatic heterocycles. The average Bonchev–Trinajstić information content (AvgIpc) is 2.48. The van der Waals surface area contributed by atoms with Gasteiger partial charge in [-0.15, -0.1) is 0 Å². The molecule has 2 aromatic rings. The summed E-state index contributed by atoms with van der Waals surface area (Å²) in [6, 6.07) is 14.6. The van der Waals surface area contributed by atoms with E-state index in [1.54, 1.807) is 6.20 Å². The first kappa shape index (κ1) is 13.3. The highest BCUT2D eigenvalue weighted by molar-refractivity contribution is 5.32. The van der Waals surface area contributed by atoms with Gasteiger partial charge in [-0.3, -0.25) is 4.98 Å². The van der Waals surface area contributed by atoms with E-state index in [9.17, 15) is 5.11 Å². The maximum atomic E-state index is 10.3. The summed E-state index contributed by atoms with van der Waals surface area (Å²) >= 11 is 0. The second-order valence-corrected chi connectivity index (χ2v) is 5.70. The van der Waals surface area contributed by atoms with Crippen molar-refractivity contribution in [2.75, 3.05) is 0 Å². The van der Waals surface area contributed by atoms with E-state index >= 15 is 0 Å². The van der Waals surface area contributed by atoms with Gasteiger partial charge < -0.3 is 5.11 Å². The van der Waals surface area contributed by atoms with Crippen LogP contribution >= 0.6 is 0 Å². The minimum absolute atomic E-state index is 0.305. The molecule has 1 aliphatic rings. The van der Waals surface area contributed by atoms with E-state index in [2.05, 4.69) is 29.2 Å². The second-order valence-electron chi connectivity index (χ2n) is 5.70. The molecule has 0 spiro atoms. The molecule has 3 rings (SSSR count). The minimum Gasteiger partial charge on any atom is -0.393 e. The van der Waals surface area contributed by atoms with E-state index in [0.717, 1.165) is 12.1 Å². The van der Waals surface area contributed by atoms with E-state index in [0.29, 0.717) is 12.3 Å². The Hall–Kier alpha value is -1.67. The van der Waals surface area contributed by atoms with Gasteiger partial charge in [0.15, 0.2) is 0 Å². The van der Waals surface area contributed by atoms with Crippen LogP contribution in [-0.4, -0.2) is 16.2 Å². The molecule has 2 nitrogen and oxygen atoms in total. The molecule has 1 N–H and O–H groups in total. The number of pyridine rings is 1. The Morgan fingerprint density at radius 2 is 2.00 bits per heavy atom. The lowest BCUT2D eigenvalue weighted by atomic mass is 9.79. The van der Waals surface area contributed by atoms with Crippen molar-refractivity contribution < 1.29 is 5.11 Å². The van der Waals surface area contributed by atoms with Crippen molar-refractivity contribution in [1.29, 1.82) is 0 Å². The summed E-state index contributed by atoms with van der Waals surface area (Å²) in [4.78, 5) is 4.30. The first-order chi connectivity index (χ1) is 9.83. The number of fused-ring (bicyclic) bond motifs is 1. The van der Waals surface area contributed by atoms with Gasteiger partial charge in [0.25, 0.3) is 0 Å². The van der Waals surface area contributed by atoms with Crippen molar-refractivity contribution in [3.05, 3.63) is 65.5 Å². The molecule has 0 saturated carbocycles. The van der Waals surface area contributed by atoms with Gasteiger partial charge in [-0.05, 0) is 54.9 Å². The molecule has 0 saturated heterocycles. The second kappa shape index (κ2) is 6.19. The molecule has 2 unspecified atom stereocenters. The van der Waals surface area contributed by atoms with Gasteiger partial charge in [-0.2, -0.15) is 0 Å². The third-order valence-corrected chi connectivity index (χ3v) is 4.22. The topological polar surface area (TPSA) is 33.1 Å². The fourth-order valence-corrected chi connectivity index (χ4v) is 3.27. The predicted molar refractivity (Wildman–Crippen MR) is 80.7 cm³/mol. The summed E-state index contributed by atoms with van der Waals surface area (Å²) in [6.07, 6.45) is 6.59. The fraction of sp³-hybridized carbons (Fsp3) is 0.389. The average molecular weight is 267 g/mol. The molecule has 20 heavy (non-hydrogen) atoms. The van der Waals surface area contributed by atoms with Crippen molar-refractivity contribution in [2.45, 2.75) is 44.1 Å². The first-order valence-corrected chi connectivity index (χ1v) is 7.48. The van der Waals surface area contributed by atoms with E-state index in [4.69, 9.17) is 0 Å². The monoisotopic (exact) mass is 267 g/mol.